The normalized spacial score (nSPS) is 13.8. The van der Waals surface area contributed by atoms with Crippen LogP contribution >= 0.6 is 15.9 Å². The van der Waals surface area contributed by atoms with E-state index >= 15 is 0 Å². The average Bonchev–Trinajstić information content (AvgIpc) is 1.82. The van der Waals surface area contributed by atoms with Crippen LogP contribution in [0.4, 0.5) is 4.79 Å². The van der Waals surface area contributed by atoms with Crippen molar-refractivity contribution in [3.63, 3.8) is 0 Å². The lowest BCUT2D eigenvalue weighted by Crippen LogP contribution is -2.38. The largest absolute Gasteiger partial charge is 0.444 e. The van der Waals surface area contributed by atoms with Crippen LogP contribution in [0, 0.1) is 0 Å². The third kappa shape index (κ3) is 6.46. The maximum Gasteiger partial charge on any atom is 0.407 e. The molecule has 0 saturated heterocycles. The van der Waals surface area contributed by atoms with Crippen molar-refractivity contribution in [2.45, 2.75) is 39.3 Å². The Balaban J connectivity index is 3.75. The molecule has 0 saturated carbocycles. The molecule has 0 aromatic heterocycles. The maximum atomic E-state index is 11.1. The number of halogens is 1. The summed E-state index contributed by atoms with van der Waals surface area (Å²) in [6, 6.07) is 0.0971. The minimum Gasteiger partial charge on any atom is -0.444 e. The van der Waals surface area contributed by atoms with E-state index in [1.165, 1.54) is 0 Å². The van der Waals surface area contributed by atoms with Crippen LogP contribution in [0.2, 0.25) is 0 Å². The van der Waals surface area contributed by atoms with Gasteiger partial charge in [0.1, 0.15) is 5.60 Å². The van der Waals surface area contributed by atoms with Gasteiger partial charge in [-0.05, 0) is 27.7 Å². The molecule has 1 amide bonds. The Bertz CT molecular complexity index is 154. The molecular formula is C8H16BrNO2. The Labute approximate surface area is 82.0 Å². The summed E-state index contributed by atoms with van der Waals surface area (Å²) in [6.45, 7) is 7.42. The Kier molecular flexibility index (Phi) is 4.60. The minimum absolute atomic E-state index is 0.0971. The van der Waals surface area contributed by atoms with E-state index in [4.69, 9.17) is 4.74 Å². The third-order valence-corrected chi connectivity index (χ3v) is 1.97. The lowest BCUT2D eigenvalue weighted by atomic mass is 10.2. The summed E-state index contributed by atoms with van der Waals surface area (Å²) < 4.78 is 5.04. The second-order valence-electron chi connectivity index (χ2n) is 3.70. The highest BCUT2D eigenvalue weighted by Gasteiger charge is 2.16. The second-order valence-corrected chi connectivity index (χ2v) is 4.35. The van der Waals surface area contributed by atoms with E-state index in [0.717, 1.165) is 5.33 Å². The molecule has 0 rings (SSSR count). The van der Waals surface area contributed by atoms with E-state index in [-0.39, 0.29) is 12.1 Å². The molecule has 0 aliphatic heterocycles. The highest BCUT2D eigenvalue weighted by Crippen LogP contribution is 2.06. The van der Waals surface area contributed by atoms with Gasteiger partial charge in [-0.2, -0.15) is 0 Å². The van der Waals surface area contributed by atoms with Gasteiger partial charge in [0.05, 0.1) is 0 Å². The van der Waals surface area contributed by atoms with Crippen molar-refractivity contribution in [2.75, 3.05) is 5.33 Å². The fraction of sp³-hybridized carbons (Fsp3) is 0.875. The first-order valence-electron chi connectivity index (χ1n) is 3.90. The molecule has 1 atom stereocenters. The van der Waals surface area contributed by atoms with Crippen LogP contribution in [0.25, 0.3) is 0 Å². The number of hydrogen-bond donors (Lipinski definition) is 1. The lowest BCUT2D eigenvalue weighted by Gasteiger charge is -2.21. The van der Waals surface area contributed by atoms with Crippen molar-refractivity contribution < 1.29 is 9.53 Å². The van der Waals surface area contributed by atoms with Gasteiger partial charge in [-0.15, -0.1) is 0 Å². The Morgan fingerprint density at radius 2 is 2.08 bits per heavy atom. The summed E-state index contributed by atoms with van der Waals surface area (Å²) in [5, 5.41) is 3.41. The number of nitrogens with one attached hydrogen (secondary N) is 1. The van der Waals surface area contributed by atoms with Crippen LogP contribution in [-0.4, -0.2) is 23.1 Å². The number of alkyl halides is 1. The van der Waals surface area contributed by atoms with Crippen LogP contribution in [0.15, 0.2) is 0 Å². The van der Waals surface area contributed by atoms with E-state index in [2.05, 4.69) is 21.2 Å². The zero-order valence-corrected chi connectivity index (χ0v) is 9.56. The SMILES string of the molecule is C[C@@H](CBr)NC(=O)OC(C)(C)C. The molecule has 0 bridgehead atoms. The summed E-state index contributed by atoms with van der Waals surface area (Å²) in [5.41, 5.74) is -0.421. The smallest absolute Gasteiger partial charge is 0.407 e. The maximum absolute atomic E-state index is 11.1. The highest BCUT2D eigenvalue weighted by atomic mass is 79.9. The molecule has 0 aromatic rings. The second kappa shape index (κ2) is 4.70. The number of ether oxygens (including phenoxy) is 1. The van der Waals surface area contributed by atoms with Crippen LogP contribution in [0.1, 0.15) is 27.7 Å². The first-order valence-corrected chi connectivity index (χ1v) is 5.03. The van der Waals surface area contributed by atoms with Crippen molar-refractivity contribution in [2.24, 2.45) is 0 Å². The molecular weight excluding hydrogens is 222 g/mol. The Hall–Kier alpha value is -0.250. The molecule has 0 aromatic carbocycles. The molecule has 0 radical (unpaired) electrons. The van der Waals surface area contributed by atoms with Gasteiger partial charge in [-0.3, -0.25) is 0 Å². The number of rotatable bonds is 2. The summed E-state index contributed by atoms with van der Waals surface area (Å²) in [4.78, 5) is 11.1. The highest BCUT2D eigenvalue weighted by molar-refractivity contribution is 9.09. The molecule has 1 N–H and O–H groups in total. The molecule has 0 fully saturated rings. The van der Waals surface area contributed by atoms with Crippen molar-refractivity contribution in [1.29, 1.82) is 0 Å². The van der Waals surface area contributed by atoms with Crippen LogP contribution in [0.3, 0.4) is 0 Å². The van der Waals surface area contributed by atoms with Gasteiger partial charge in [-0.1, -0.05) is 15.9 Å². The topological polar surface area (TPSA) is 38.3 Å². The van der Waals surface area contributed by atoms with Crippen LogP contribution in [0.5, 0.6) is 0 Å². The Morgan fingerprint density at radius 3 is 2.42 bits per heavy atom. The molecule has 4 heteroatoms. The molecule has 72 valence electrons. The predicted octanol–water partition coefficient (Wildman–Crippen LogP) is 2.29. The summed E-state index contributed by atoms with van der Waals surface area (Å²) in [7, 11) is 0. The zero-order chi connectivity index (χ0) is 9.78. The molecule has 0 aliphatic carbocycles. The predicted molar refractivity (Wildman–Crippen MR) is 52.6 cm³/mol. The molecule has 3 nitrogen and oxygen atoms in total. The van der Waals surface area contributed by atoms with E-state index in [1.54, 1.807) is 0 Å². The fourth-order valence-electron chi connectivity index (χ4n) is 0.547. The van der Waals surface area contributed by atoms with E-state index in [9.17, 15) is 4.79 Å². The van der Waals surface area contributed by atoms with Crippen molar-refractivity contribution in [1.82, 2.24) is 5.32 Å². The number of carbonyl (C=O) groups excluding carboxylic acids is 1. The first-order chi connectivity index (χ1) is 5.35. The lowest BCUT2D eigenvalue weighted by molar-refractivity contribution is 0.0514. The van der Waals surface area contributed by atoms with Crippen LogP contribution in [-0.2, 0) is 4.74 Å². The molecule has 0 heterocycles. The van der Waals surface area contributed by atoms with Gasteiger partial charge in [0.25, 0.3) is 0 Å². The number of amides is 1. The van der Waals surface area contributed by atoms with Gasteiger partial charge in [-0.25, -0.2) is 4.79 Å². The standard InChI is InChI=1S/C8H16BrNO2/c1-6(5-9)10-7(11)12-8(2,3)4/h6H,5H2,1-4H3,(H,10,11)/t6-/m0/s1. The average molecular weight is 238 g/mol. The van der Waals surface area contributed by atoms with Crippen molar-refractivity contribution in [3.05, 3.63) is 0 Å². The quantitative estimate of drug-likeness (QED) is 0.749. The van der Waals surface area contributed by atoms with Crippen LogP contribution < -0.4 is 5.32 Å². The summed E-state index contributed by atoms with van der Waals surface area (Å²) in [6.07, 6.45) is -0.366. The van der Waals surface area contributed by atoms with Gasteiger partial charge >= 0.3 is 6.09 Å². The fourth-order valence-corrected chi connectivity index (χ4v) is 0.709. The Morgan fingerprint density at radius 1 is 1.58 bits per heavy atom. The number of alkyl carbamates (subject to hydrolysis) is 1. The van der Waals surface area contributed by atoms with Gasteiger partial charge in [0.2, 0.25) is 0 Å². The minimum atomic E-state index is -0.421. The van der Waals surface area contributed by atoms with E-state index < -0.39 is 5.60 Å². The molecule has 0 aliphatic rings. The van der Waals surface area contributed by atoms with Crippen molar-refractivity contribution >= 4 is 22.0 Å². The zero-order valence-electron chi connectivity index (χ0n) is 7.98. The summed E-state index contributed by atoms with van der Waals surface area (Å²) >= 11 is 3.25. The number of carbonyl (C=O) groups is 1. The van der Waals surface area contributed by atoms with E-state index in [0.29, 0.717) is 0 Å². The number of hydrogen-bond acceptors (Lipinski definition) is 2. The third-order valence-electron chi connectivity index (χ3n) is 0.995. The van der Waals surface area contributed by atoms with Gasteiger partial charge < -0.3 is 10.1 Å². The van der Waals surface area contributed by atoms with Gasteiger partial charge in [0, 0.05) is 11.4 Å². The first kappa shape index (κ1) is 11.8. The van der Waals surface area contributed by atoms with Gasteiger partial charge in [0.15, 0.2) is 0 Å². The monoisotopic (exact) mass is 237 g/mol. The molecule has 0 unspecified atom stereocenters. The van der Waals surface area contributed by atoms with Crippen molar-refractivity contribution in [3.8, 4) is 0 Å². The molecule has 12 heavy (non-hydrogen) atoms. The summed E-state index contributed by atoms with van der Waals surface area (Å²) in [5.74, 6) is 0. The molecule has 0 spiro atoms. The van der Waals surface area contributed by atoms with E-state index in [1.807, 2.05) is 27.7 Å².